The highest BCUT2D eigenvalue weighted by atomic mass is 32.1. The predicted octanol–water partition coefficient (Wildman–Crippen LogP) is 3.53. The fourth-order valence-corrected chi connectivity index (χ4v) is 3.31. The molecule has 146 valence electrons. The van der Waals surface area contributed by atoms with Crippen molar-refractivity contribution in [1.82, 2.24) is 10.6 Å². The quantitative estimate of drug-likeness (QED) is 0.648. The summed E-state index contributed by atoms with van der Waals surface area (Å²) >= 11 is 5.29. The van der Waals surface area contributed by atoms with Gasteiger partial charge in [0.05, 0.1) is 25.3 Å². The van der Waals surface area contributed by atoms with Crippen molar-refractivity contribution in [2.45, 2.75) is 19.9 Å². The summed E-state index contributed by atoms with van der Waals surface area (Å²) < 4.78 is 10.7. The molecule has 0 fully saturated rings. The van der Waals surface area contributed by atoms with Crippen molar-refractivity contribution in [3.8, 4) is 11.5 Å². The van der Waals surface area contributed by atoms with Crippen LogP contribution < -0.4 is 25.4 Å². The third-order valence-electron chi connectivity index (χ3n) is 4.39. The molecule has 28 heavy (non-hydrogen) atoms. The zero-order valence-corrected chi connectivity index (χ0v) is 16.9. The second kappa shape index (κ2) is 8.75. The number of nitrogens with one attached hydrogen (secondary N) is 3. The molecule has 0 radical (unpaired) electrons. The Labute approximate surface area is 169 Å². The van der Waals surface area contributed by atoms with Gasteiger partial charge in [-0.05, 0) is 68.0 Å². The Kier molecular flexibility index (Phi) is 6.16. The third-order valence-corrected chi connectivity index (χ3v) is 4.61. The number of benzene rings is 2. The first-order valence-electron chi connectivity index (χ1n) is 8.98. The number of ether oxygens (including phenoxy) is 2. The number of amides is 1. The summed E-state index contributed by atoms with van der Waals surface area (Å²) in [7, 11) is 1.62. The molecule has 6 nitrogen and oxygen atoms in total. The van der Waals surface area contributed by atoms with Crippen LogP contribution >= 0.6 is 12.2 Å². The van der Waals surface area contributed by atoms with Crippen LogP contribution in [0.1, 0.15) is 25.5 Å². The zero-order valence-electron chi connectivity index (χ0n) is 16.0. The molecule has 1 aliphatic heterocycles. The molecule has 0 bridgehead atoms. The molecular weight excluding hydrogens is 374 g/mol. The van der Waals surface area contributed by atoms with E-state index in [1.54, 1.807) is 7.11 Å². The molecule has 1 heterocycles. The van der Waals surface area contributed by atoms with Gasteiger partial charge in [0, 0.05) is 11.4 Å². The molecule has 0 aromatic heterocycles. The number of hydrogen-bond donors (Lipinski definition) is 3. The maximum Gasteiger partial charge on any atom is 0.255 e. The first kappa shape index (κ1) is 19.7. The van der Waals surface area contributed by atoms with Crippen LogP contribution in [0.5, 0.6) is 11.5 Å². The first-order valence-corrected chi connectivity index (χ1v) is 9.39. The minimum absolute atomic E-state index is 0.204. The molecule has 0 aliphatic carbocycles. The number of carbonyl (C=O) groups excluding carboxylic acids is 1. The lowest BCUT2D eigenvalue weighted by molar-refractivity contribution is -0.113. The van der Waals surface area contributed by atoms with Gasteiger partial charge in [-0.1, -0.05) is 12.1 Å². The predicted molar refractivity (Wildman–Crippen MR) is 114 cm³/mol. The summed E-state index contributed by atoms with van der Waals surface area (Å²) in [5.41, 5.74) is 2.90. The van der Waals surface area contributed by atoms with E-state index in [2.05, 4.69) is 16.0 Å². The van der Waals surface area contributed by atoms with E-state index < -0.39 is 0 Å². The molecule has 0 saturated carbocycles. The normalized spacial score (nSPS) is 16.1. The Balaban J connectivity index is 1.85. The molecule has 3 N–H and O–H groups in total. The van der Waals surface area contributed by atoms with Crippen LogP contribution in [0.4, 0.5) is 5.69 Å². The molecular formula is C21H23N3O3S. The van der Waals surface area contributed by atoms with Crippen molar-refractivity contribution >= 4 is 28.9 Å². The standard InChI is InChI=1S/C21H23N3O3S/c1-4-27-17-11-7-15(8-12-17)23-20(25)18-13(2)22-21(28)24-19(18)14-5-9-16(26-3)10-6-14/h5-12,19H,4H2,1-3H3,(H,23,25)(H2,22,24,28)/t19-/m1/s1. The summed E-state index contributed by atoms with van der Waals surface area (Å²) in [6.45, 7) is 4.37. The van der Waals surface area contributed by atoms with Crippen LogP contribution in [0.25, 0.3) is 0 Å². The van der Waals surface area contributed by atoms with Gasteiger partial charge in [-0.15, -0.1) is 0 Å². The molecule has 2 aromatic carbocycles. The van der Waals surface area contributed by atoms with Gasteiger partial charge in [0.15, 0.2) is 5.11 Å². The Hall–Kier alpha value is -3.06. The number of anilines is 1. The molecule has 0 spiro atoms. The number of methoxy groups -OCH3 is 1. The van der Waals surface area contributed by atoms with Crippen LogP contribution in [-0.2, 0) is 4.79 Å². The average Bonchev–Trinajstić information content (AvgIpc) is 2.69. The highest BCUT2D eigenvalue weighted by Gasteiger charge is 2.29. The Morgan fingerprint density at radius 1 is 1.11 bits per heavy atom. The van der Waals surface area contributed by atoms with Crippen molar-refractivity contribution in [3.63, 3.8) is 0 Å². The van der Waals surface area contributed by atoms with Gasteiger partial charge in [0.2, 0.25) is 0 Å². The van der Waals surface area contributed by atoms with Crippen molar-refractivity contribution in [1.29, 1.82) is 0 Å². The second-order valence-electron chi connectivity index (χ2n) is 6.25. The smallest absolute Gasteiger partial charge is 0.255 e. The summed E-state index contributed by atoms with van der Waals surface area (Å²) in [4.78, 5) is 13.1. The lowest BCUT2D eigenvalue weighted by Gasteiger charge is -2.30. The monoisotopic (exact) mass is 397 g/mol. The molecule has 1 atom stereocenters. The minimum atomic E-state index is -0.359. The largest absolute Gasteiger partial charge is 0.497 e. The van der Waals surface area contributed by atoms with Gasteiger partial charge >= 0.3 is 0 Å². The fourth-order valence-electron chi connectivity index (χ4n) is 3.04. The van der Waals surface area contributed by atoms with Gasteiger partial charge in [0.25, 0.3) is 5.91 Å². The van der Waals surface area contributed by atoms with Gasteiger partial charge in [-0.3, -0.25) is 4.79 Å². The van der Waals surface area contributed by atoms with E-state index in [1.807, 2.05) is 62.4 Å². The van der Waals surface area contributed by atoms with Crippen molar-refractivity contribution in [2.75, 3.05) is 19.0 Å². The number of carbonyl (C=O) groups is 1. The van der Waals surface area contributed by atoms with Crippen molar-refractivity contribution < 1.29 is 14.3 Å². The summed E-state index contributed by atoms with van der Waals surface area (Å²) in [6.07, 6.45) is 0. The molecule has 1 amide bonds. The second-order valence-corrected chi connectivity index (χ2v) is 6.66. The summed E-state index contributed by atoms with van der Waals surface area (Å²) in [5.74, 6) is 1.31. The van der Waals surface area contributed by atoms with Gasteiger partial charge in [0.1, 0.15) is 11.5 Å². The average molecular weight is 398 g/mol. The maximum atomic E-state index is 13.1. The fraction of sp³-hybridized carbons (Fsp3) is 0.238. The van der Waals surface area contributed by atoms with Crippen LogP contribution in [-0.4, -0.2) is 24.7 Å². The zero-order chi connectivity index (χ0) is 20.1. The van der Waals surface area contributed by atoms with E-state index in [-0.39, 0.29) is 11.9 Å². The molecule has 2 aromatic rings. The number of allylic oxidation sites excluding steroid dienone is 1. The first-order chi connectivity index (χ1) is 13.5. The van der Waals surface area contributed by atoms with Crippen LogP contribution in [0, 0.1) is 0 Å². The SMILES string of the molecule is CCOc1ccc(NC(=O)C2=C(C)NC(=S)N[C@@H]2c2ccc(OC)cc2)cc1. The molecule has 7 heteroatoms. The highest BCUT2D eigenvalue weighted by molar-refractivity contribution is 7.80. The Bertz CT molecular complexity index is 892. The number of hydrogen-bond acceptors (Lipinski definition) is 4. The van der Waals surface area contributed by atoms with E-state index in [0.29, 0.717) is 28.7 Å². The van der Waals surface area contributed by atoms with Crippen LogP contribution in [0.3, 0.4) is 0 Å². The van der Waals surface area contributed by atoms with Crippen molar-refractivity contribution in [2.24, 2.45) is 0 Å². The summed E-state index contributed by atoms with van der Waals surface area (Å²) in [5, 5.41) is 9.65. The Morgan fingerprint density at radius 2 is 1.75 bits per heavy atom. The third kappa shape index (κ3) is 4.43. The minimum Gasteiger partial charge on any atom is -0.497 e. The van der Waals surface area contributed by atoms with Crippen molar-refractivity contribution in [3.05, 3.63) is 65.4 Å². The van der Waals surface area contributed by atoms with Gasteiger partial charge in [-0.25, -0.2) is 0 Å². The molecule has 0 saturated heterocycles. The van der Waals surface area contributed by atoms with Crippen LogP contribution in [0.15, 0.2) is 59.8 Å². The lowest BCUT2D eigenvalue weighted by atomic mass is 9.95. The Morgan fingerprint density at radius 3 is 2.36 bits per heavy atom. The molecule has 0 unspecified atom stereocenters. The molecule has 3 rings (SSSR count). The van der Waals surface area contributed by atoms with E-state index >= 15 is 0 Å². The van der Waals surface area contributed by atoms with E-state index in [0.717, 1.165) is 17.1 Å². The topological polar surface area (TPSA) is 71.6 Å². The van der Waals surface area contributed by atoms with Crippen LogP contribution in [0.2, 0.25) is 0 Å². The number of rotatable bonds is 6. The summed E-state index contributed by atoms with van der Waals surface area (Å²) in [6, 6.07) is 14.5. The molecule has 1 aliphatic rings. The van der Waals surface area contributed by atoms with E-state index in [9.17, 15) is 4.79 Å². The van der Waals surface area contributed by atoms with E-state index in [4.69, 9.17) is 21.7 Å². The maximum absolute atomic E-state index is 13.1. The van der Waals surface area contributed by atoms with E-state index in [1.165, 1.54) is 0 Å². The highest BCUT2D eigenvalue weighted by Crippen LogP contribution is 2.29. The van der Waals surface area contributed by atoms with Gasteiger partial charge < -0.3 is 25.4 Å². The van der Waals surface area contributed by atoms with Gasteiger partial charge in [-0.2, -0.15) is 0 Å². The lowest BCUT2D eigenvalue weighted by Crippen LogP contribution is -2.45. The number of thiocarbonyl (C=S) groups is 1.